The van der Waals surface area contributed by atoms with Crippen molar-refractivity contribution in [1.82, 2.24) is 10.2 Å². The van der Waals surface area contributed by atoms with Crippen molar-refractivity contribution in [2.45, 2.75) is 45.3 Å². The number of rotatable bonds is 9. The molecule has 118 valence electrons. The number of amides is 2. The Kier molecular flexibility index (Phi) is 8.69. The molecular weight excluding hydrogens is 276 g/mol. The Morgan fingerprint density at radius 1 is 1.30 bits per heavy atom. The first-order valence-electron chi connectivity index (χ1n) is 7.10. The van der Waals surface area contributed by atoms with E-state index in [9.17, 15) is 9.59 Å². The van der Waals surface area contributed by atoms with E-state index in [1.54, 1.807) is 11.8 Å². The molecule has 0 heterocycles. The summed E-state index contributed by atoms with van der Waals surface area (Å²) in [4.78, 5) is 24.4. The predicted octanol–water partition coefficient (Wildman–Crippen LogP) is 2.66. The first-order valence-corrected chi connectivity index (χ1v) is 8.32. The van der Waals surface area contributed by atoms with E-state index in [0.717, 1.165) is 12.8 Å². The predicted molar refractivity (Wildman–Crippen MR) is 84.3 cm³/mol. The van der Waals surface area contributed by atoms with Crippen molar-refractivity contribution in [1.29, 1.82) is 0 Å². The lowest BCUT2D eigenvalue weighted by Gasteiger charge is -2.31. The van der Waals surface area contributed by atoms with Gasteiger partial charge in [-0.05, 0) is 25.0 Å². The van der Waals surface area contributed by atoms with Crippen molar-refractivity contribution in [3.05, 3.63) is 0 Å². The quantitative estimate of drug-likeness (QED) is 0.687. The monoisotopic (exact) mass is 304 g/mol. The fourth-order valence-electron chi connectivity index (χ4n) is 2.03. The third-order valence-electron chi connectivity index (χ3n) is 3.48. The highest BCUT2D eigenvalue weighted by Gasteiger charge is 2.27. The standard InChI is InChI=1S/C14H28N2O3S/c1-6-14(7-2,20-5)10-15-13(19)16(8-11(3)4)9-12(17)18/h11H,6-10H2,1-5H3,(H,15,19)(H,17,18). The SMILES string of the molecule is CCC(CC)(CNC(=O)N(CC(=O)O)CC(C)C)SC. The molecule has 5 nitrogen and oxygen atoms in total. The number of urea groups is 1. The van der Waals surface area contributed by atoms with Crippen LogP contribution < -0.4 is 5.32 Å². The molecule has 0 aliphatic heterocycles. The van der Waals surface area contributed by atoms with Gasteiger partial charge in [-0.2, -0.15) is 11.8 Å². The van der Waals surface area contributed by atoms with Gasteiger partial charge in [0.1, 0.15) is 6.54 Å². The van der Waals surface area contributed by atoms with Crippen LogP contribution in [0.25, 0.3) is 0 Å². The van der Waals surface area contributed by atoms with E-state index in [-0.39, 0.29) is 23.2 Å². The zero-order chi connectivity index (χ0) is 15.8. The summed E-state index contributed by atoms with van der Waals surface area (Å²) in [5.74, 6) is -0.745. The molecule has 0 bridgehead atoms. The van der Waals surface area contributed by atoms with Gasteiger partial charge in [-0.1, -0.05) is 27.7 Å². The topological polar surface area (TPSA) is 69.6 Å². The summed E-state index contributed by atoms with van der Waals surface area (Å²) in [6.07, 6.45) is 3.98. The van der Waals surface area contributed by atoms with E-state index in [4.69, 9.17) is 5.11 Å². The van der Waals surface area contributed by atoms with Crippen molar-refractivity contribution in [2.24, 2.45) is 5.92 Å². The number of carboxylic acids is 1. The summed E-state index contributed by atoms with van der Waals surface area (Å²) >= 11 is 1.75. The summed E-state index contributed by atoms with van der Waals surface area (Å²) in [6, 6.07) is -0.290. The zero-order valence-electron chi connectivity index (χ0n) is 13.2. The zero-order valence-corrected chi connectivity index (χ0v) is 14.0. The molecule has 0 fully saturated rings. The van der Waals surface area contributed by atoms with Gasteiger partial charge >= 0.3 is 12.0 Å². The molecule has 6 heteroatoms. The van der Waals surface area contributed by atoms with Crippen LogP contribution in [0.15, 0.2) is 0 Å². The molecule has 0 spiro atoms. The second-order valence-corrected chi connectivity index (χ2v) is 6.70. The number of hydrogen-bond donors (Lipinski definition) is 2. The summed E-state index contributed by atoms with van der Waals surface area (Å²) < 4.78 is 0.0301. The molecule has 0 unspecified atom stereocenters. The highest BCUT2D eigenvalue weighted by molar-refractivity contribution is 8.00. The van der Waals surface area contributed by atoms with E-state index in [1.165, 1.54) is 4.90 Å². The second kappa shape index (κ2) is 9.10. The van der Waals surface area contributed by atoms with E-state index in [0.29, 0.717) is 13.1 Å². The highest BCUT2D eigenvalue weighted by atomic mass is 32.2. The number of nitrogens with zero attached hydrogens (tertiary/aromatic N) is 1. The summed E-state index contributed by atoms with van der Waals surface area (Å²) in [7, 11) is 0. The van der Waals surface area contributed by atoms with Crippen molar-refractivity contribution in [3.8, 4) is 0 Å². The Labute approximate surface area is 126 Å². The number of carbonyl (C=O) groups excluding carboxylic acids is 1. The molecule has 0 aromatic carbocycles. The number of carboxylic acid groups (broad SMARTS) is 1. The molecule has 0 atom stereocenters. The summed E-state index contributed by atoms with van der Waals surface area (Å²) in [5, 5.41) is 11.8. The average Bonchev–Trinajstić information content (AvgIpc) is 2.39. The van der Waals surface area contributed by atoms with Crippen molar-refractivity contribution in [2.75, 3.05) is 25.9 Å². The maximum atomic E-state index is 12.2. The van der Waals surface area contributed by atoms with Crippen LogP contribution in [-0.4, -0.2) is 52.6 Å². The van der Waals surface area contributed by atoms with E-state index in [1.807, 2.05) is 20.1 Å². The minimum atomic E-state index is -0.983. The van der Waals surface area contributed by atoms with Crippen molar-refractivity contribution < 1.29 is 14.7 Å². The van der Waals surface area contributed by atoms with Crippen LogP contribution in [0.2, 0.25) is 0 Å². The molecule has 0 aromatic heterocycles. The smallest absolute Gasteiger partial charge is 0.323 e. The molecule has 0 aliphatic carbocycles. The number of nitrogens with one attached hydrogen (secondary N) is 1. The molecule has 0 aliphatic rings. The van der Waals surface area contributed by atoms with Gasteiger partial charge in [0.2, 0.25) is 0 Å². The van der Waals surface area contributed by atoms with Crippen LogP contribution in [0.3, 0.4) is 0 Å². The number of carbonyl (C=O) groups is 2. The molecule has 2 N–H and O–H groups in total. The highest BCUT2D eigenvalue weighted by Crippen LogP contribution is 2.29. The van der Waals surface area contributed by atoms with Crippen LogP contribution in [-0.2, 0) is 4.79 Å². The summed E-state index contributed by atoms with van der Waals surface area (Å²) in [5.41, 5.74) is 0. The van der Waals surface area contributed by atoms with Crippen LogP contribution in [0.5, 0.6) is 0 Å². The van der Waals surface area contributed by atoms with Crippen LogP contribution in [0.4, 0.5) is 4.79 Å². The summed E-state index contributed by atoms with van der Waals surface area (Å²) in [6.45, 7) is 8.90. The minimum absolute atomic E-state index is 0.0301. The third kappa shape index (κ3) is 6.50. The lowest BCUT2D eigenvalue weighted by molar-refractivity contribution is -0.137. The Morgan fingerprint density at radius 2 is 1.85 bits per heavy atom. The van der Waals surface area contributed by atoms with Gasteiger partial charge in [0.15, 0.2) is 0 Å². The van der Waals surface area contributed by atoms with Gasteiger partial charge < -0.3 is 15.3 Å². The molecule has 0 saturated heterocycles. The molecule has 2 amide bonds. The van der Waals surface area contributed by atoms with Crippen molar-refractivity contribution in [3.63, 3.8) is 0 Å². The normalized spacial score (nSPS) is 11.5. The first kappa shape index (κ1) is 19.1. The average molecular weight is 304 g/mol. The second-order valence-electron chi connectivity index (χ2n) is 5.42. The van der Waals surface area contributed by atoms with E-state index >= 15 is 0 Å². The van der Waals surface area contributed by atoms with Gasteiger partial charge in [-0.3, -0.25) is 4.79 Å². The van der Waals surface area contributed by atoms with E-state index < -0.39 is 5.97 Å². The van der Waals surface area contributed by atoms with E-state index in [2.05, 4.69) is 19.2 Å². The molecule has 0 rings (SSSR count). The van der Waals surface area contributed by atoms with Crippen molar-refractivity contribution >= 4 is 23.8 Å². The van der Waals surface area contributed by atoms with Gasteiger partial charge in [-0.15, -0.1) is 0 Å². The van der Waals surface area contributed by atoms with Crippen LogP contribution >= 0.6 is 11.8 Å². The lowest BCUT2D eigenvalue weighted by atomic mass is 10.0. The third-order valence-corrected chi connectivity index (χ3v) is 5.07. The lowest BCUT2D eigenvalue weighted by Crippen LogP contribution is -2.48. The largest absolute Gasteiger partial charge is 0.480 e. The van der Waals surface area contributed by atoms with Crippen LogP contribution in [0.1, 0.15) is 40.5 Å². The van der Waals surface area contributed by atoms with Crippen LogP contribution in [0, 0.1) is 5.92 Å². The Morgan fingerprint density at radius 3 is 2.20 bits per heavy atom. The minimum Gasteiger partial charge on any atom is -0.480 e. The Bertz CT molecular complexity index is 309. The van der Waals surface area contributed by atoms with Gasteiger partial charge in [-0.25, -0.2) is 4.79 Å². The fourth-order valence-corrected chi connectivity index (χ4v) is 2.83. The maximum absolute atomic E-state index is 12.2. The fraction of sp³-hybridized carbons (Fsp3) is 0.857. The van der Waals surface area contributed by atoms with Gasteiger partial charge in [0, 0.05) is 17.8 Å². The molecular formula is C14H28N2O3S. The molecule has 20 heavy (non-hydrogen) atoms. The number of aliphatic carboxylic acids is 1. The van der Waals surface area contributed by atoms with Gasteiger partial charge in [0.25, 0.3) is 0 Å². The molecule has 0 aromatic rings. The first-order chi connectivity index (χ1) is 9.30. The van der Waals surface area contributed by atoms with Gasteiger partial charge in [0.05, 0.1) is 0 Å². The Hall–Kier alpha value is -0.910. The number of hydrogen-bond acceptors (Lipinski definition) is 3. The molecule has 0 radical (unpaired) electrons. The molecule has 0 saturated carbocycles. The number of thioether (sulfide) groups is 1. The maximum Gasteiger partial charge on any atom is 0.323 e. The Balaban J connectivity index is 4.62.